The molecule has 0 fully saturated rings. The predicted molar refractivity (Wildman–Crippen MR) is 65.3 cm³/mol. The second kappa shape index (κ2) is 4.87. The van der Waals surface area contributed by atoms with Crippen LogP contribution < -0.4 is 5.32 Å². The van der Waals surface area contributed by atoms with Gasteiger partial charge in [0.2, 0.25) is 0 Å². The van der Waals surface area contributed by atoms with Gasteiger partial charge in [-0.05, 0) is 12.5 Å². The summed E-state index contributed by atoms with van der Waals surface area (Å²) in [6.45, 7) is 1.70. The Bertz CT molecular complexity index is 591. The maximum absolute atomic E-state index is 11.9. The lowest BCUT2D eigenvalue weighted by Gasteiger charge is -2.10. The molecule has 1 atom stereocenters. The van der Waals surface area contributed by atoms with E-state index in [0.717, 1.165) is 5.52 Å². The Labute approximate surface area is 103 Å². The van der Waals surface area contributed by atoms with Crippen LogP contribution in [0.15, 0.2) is 24.3 Å². The molecule has 0 unspecified atom stereocenters. The van der Waals surface area contributed by atoms with Gasteiger partial charge in [0.25, 0.3) is 5.91 Å². The minimum Gasteiger partial charge on any atom is -0.480 e. The van der Waals surface area contributed by atoms with Crippen molar-refractivity contribution in [3.05, 3.63) is 30.0 Å². The summed E-state index contributed by atoms with van der Waals surface area (Å²) in [7, 11) is 0. The van der Waals surface area contributed by atoms with E-state index < -0.39 is 17.9 Å². The molecule has 0 aliphatic carbocycles. The van der Waals surface area contributed by atoms with Gasteiger partial charge in [0.15, 0.2) is 5.69 Å². The van der Waals surface area contributed by atoms with Crippen LogP contribution in [-0.4, -0.2) is 33.2 Å². The van der Waals surface area contributed by atoms with Gasteiger partial charge in [0.1, 0.15) is 6.04 Å². The first-order valence-electron chi connectivity index (χ1n) is 5.60. The molecule has 1 aromatic heterocycles. The molecule has 6 heteroatoms. The number of fused-ring (bicyclic) bond motifs is 1. The molecular weight excluding hydrogens is 234 g/mol. The van der Waals surface area contributed by atoms with Crippen LogP contribution in [0.1, 0.15) is 23.8 Å². The van der Waals surface area contributed by atoms with E-state index in [1.807, 2.05) is 6.07 Å². The zero-order valence-electron chi connectivity index (χ0n) is 9.80. The fraction of sp³-hybridized carbons (Fsp3) is 0.250. The molecule has 0 spiro atoms. The molecule has 0 bridgehead atoms. The van der Waals surface area contributed by atoms with Crippen LogP contribution in [0.25, 0.3) is 10.9 Å². The van der Waals surface area contributed by atoms with Crippen LogP contribution in [0.2, 0.25) is 0 Å². The highest BCUT2D eigenvalue weighted by atomic mass is 16.4. The summed E-state index contributed by atoms with van der Waals surface area (Å²) in [4.78, 5) is 22.8. The number of nitrogens with one attached hydrogen (secondary N) is 2. The molecule has 94 valence electrons. The third-order valence-corrected chi connectivity index (χ3v) is 2.70. The van der Waals surface area contributed by atoms with Crippen LogP contribution in [0.3, 0.4) is 0 Å². The van der Waals surface area contributed by atoms with Gasteiger partial charge in [0.05, 0.1) is 5.52 Å². The van der Waals surface area contributed by atoms with E-state index in [-0.39, 0.29) is 5.69 Å². The molecule has 3 N–H and O–H groups in total. The smallest absolute Gasteiger partial charge is 0.326 e. The molecule has 2 aromatic rings. The lowest BCUT2D eigenvalue weighted by atomic mass is 10.2. The zero-order valence-corrected chi connectivity index (χ0v) is 9.80. The number of carboxylic acid groups (broad SMARTS) is 1. The van der Waals surface area contributed by atoms with Gasteiger partial charge in [-0.15, -0.1) is 0 Å². The number of aromatic nitrogens is 2. The SMILES string of the molecule is CC[C@H](NC(=O)c1n[nH]c2ccccc12)C(=O)O. The van der Waals surface area contributed by atoms with Crippen molar-refractivity contribution in [3.63, 3.8) is 0 Å². The fourth-order valence-electron chi connectivity index (χ4n) is 1.70. The van der Waals surface area contributed by atoms with E-state index in [4.69, 9.17) is 5.11 Å². The molecule has 0 aliphatic rings. The van der Waals surface area contributed by atoms with E-state index in [1.54, 1.807) is 25.1 Å². The van der Waals surface area contributed by atoms with Crippen molar-refractivity contribution in [3.8, 4) is 0 Å². The number of benzene rings is 1. The Balaban J connectivity index is 2.26. The van der Waals surface area contributed by atoms with Gasteiger partial charge < -0.3 is 10.4 Å². The maximum atomic E-state index is 11.9. The first-order valence-corrected chi connectivity index (χ1v) is 5.60. The average molecular weight is 247 g/mol. The third kappa shape index (κ3) is 2.17. The fourth-order valence-corrected chi connectivity index (χ4v) is 1.70. The molecule has 0 radical (unpaired) electrons. The van der Waals surface area contributed by atoms with E-state index in [1.165, 1.54) is 0 Å². The lowest BCUT2D eigenvalue weighted by molar-refractivity contribution is -0.139. The van der Waals surface area contributed by atoms with Crippen LogP contribution in [0.4, 0.5) is 0 Å². The van der Waals surface area contributed by atoms with Gasteiger partial charge in [0, 0.05) is 5.39 Å². The summed E-state index contributed by atoms with van der Waals surface area (Å²) in [5.41, 5.74) is 0.955. The number of carbonyl (C=O) groups is 2. The molecule has 1 aromatic carbocycles. The molecule has 2 rings (SSSR count). The monoisotopic (exact) mass is 247 g/mol. The van der Waals surface area contributed by atoms with Gasteiger partial charge >= 0.3 is 5.97 Å². The number of rotatable bonds is 4. The molecule has 18 heavy (non-hydrogen) atoms. The molecule has 1 amide bonds. The Morgan fingerprint density at radius 2 is 2.17 bits per heavy atom. The number of amides is 1. The Kier molecular flexibility index (Phi) is 3.27. The van der Waals surface area contributed by atoms with Crippen molar-refractivity contribution < 1.29 is 14.7 Å². The summed E-state index contributed by atoms with van der Waals surface area (Å²) in [5, 5.41) is 18.6. The van der Waals surface area contributed by atoms with Crippen molar-refractivity contribution in [1.82, 2.24) is 15.5 Å². The Morgan fingerprint density at radius 3 is 2.83 bits per heavy atom. The van der Waals surface area contributed by atoms with E-state index >= 15 is 0 Å². The summed E-state index contributed by atoms with van der Waals surface area (Å²) in [5.74, 6) is -1.53. The third-order valence-electron chi connectivity index (χ3n) is 2.70. The van der Waals surface area contributed by atoms with E-state index in [2.05, 4.69) is 15.5 Å². The number of hydrogen-bond acceptors (Lipinski definition) is 3. The highest BCUT2D eigenvalue weighted by Gasteiger charge is 2.21. The number of para-hydroxylation sites is 1. The first kappa shape index (κ1) is 12.1. The van der Waals surface area contributed by atoms with Gasteiger partial charge in [-0.25, -0.2) is 4.79 Å². The number of carboxylic acids is 1. The zero-order chi connectivity index (χ0) is 13.1. The van der Waals surface area contributed by atoms with Gasteiger partial charge in [-0.3, -0.25) is 9.89 Å². The first-order chi connectivity index (χ1) is 8.63. The van der Waals surface area contributed by atoms with Gasteiger partial charge in [-0.1, -0.05) is 25.1 Å². The van der Waals surface area contributed by atoms with Crippen molar-refractivity contribution >= 4 is 22.8 Å². The minimum atomic E-state index is -1.05. The highest BCUT2D eigenvalue weighted by molar-refractivity contribution is 6.05. The van der Waals surface area contributed by atoms with E-state index in [0.29, 0.717) is 11.8 Å². The number of aromatic amines is 1. The second-order valence-electron chi connectivity index (χ2n) is 3.89. The predicted octanol–water partition coefficient (Wildman–Crippen LogP) is 1.16. The maximum Gasteiger partial charge on any atom is 0.326 e. The van der Waals surface area contributed by atoms with Crippen molar-refractivity contribution in [2.24, 2.45) is 0 Å². The highest BCUT2D eigenvalue weighted by Crippen LogP contribution is 2.15. The average Bonchev–Trinajstić information content (AvgIpc) is 2.79. The van der Waals surface area contributed by atoms with E-state index in [9.17, 15) is 9.59 Å². The number of carbonyl (C=O) groups excluding carboxylic acids is 1. The summed E-state index contributed by atoms with van der Waals surface area (Å²) in [6, 6.07) is 6.29. The largest absolute Gasteiger partial charge is 0.480 e. The summed E-state index contributed by atoms with van der Waals surface area (Å²) in [6.07, 6.45) is 0.323. The number of hydrogen-bond donors (Lipinski definition) is 3. The summed E-state index contributed by atoms with van der Waals surface area (Å²) >= 11 is 0. The Morgan fingerprint density at radius 1 is 1.44 bits per heavy atom. The van der Waals surface area contributed by atoms with Crippen molar-refractivity contribution in [2.75, 3.05) is 0 Å². The number of aliphatic carboxylic acids is 1. The van der Waals surface area contributed by atoms with Crippen LogP contribution in [0, 0.1) is 0 Å². The van der Waals surface area contributed by atoms with Crippen LogP contribution >= 0.6 is 0 Å². The van der Waals surface area contributed by atoms with Crippen molar-refractivity contribution in [2.45, 2.75) is 19.4 Å². The second-order valence-corrected chi connectivity index (χ2v) is 3.89. The van der Waals surface area contributed by atoms with Crippen molar-refractivity contribution in [1.29, 1.82) is 0 Å². The molecule has 6 nitrogen and oxygen atoms in total. The lowest BCUT2D eigenvalue weighted by Crippen LogP contribution is -2.40. The minimum absolute atomic E-state index is 0.213. The van der Waals surface area contributed by atoms with Crippen LogP contribution in [-0.2, 0) is 4.79 Å². The molecule has 0 saturated carbocycles. The quantitative estimate of drug-likeness (QED) is 0.755. The summed E-state index contributed by atoms with van der Waals surface area (Å²) < 4.78 is 0. The number of H-pyrrole nitrogens is 1. The molecule has 0 aliphatic heterocycles. The number of nitrogens with zero attached hydrogens (tertiary/aromatic N) is 1. The van der Waals surface area contributed by atoms with Crippen LogP contribution in [0.5, 0.6) is 0 Å². The Hall–Kier alpha value is -2.37. The molecular formula is C12H13N3O3. The molecule has 0 saturated heterocycles. The normalized spacial score (nSPS) is 12.3. The standard InChI is InChI=1S/C12H13N3O3/c1-2-8(12(17)18)13-11(16)10-7-5-3-4-6-9(7)14-15-10/h3-6,8H,2H2,1H3,(H,13,16)(H,14,15)(H,17,18)/t8-/m0/s1. The molecule has 1 heterocycles. The topological polar surface area (TPSA) is 95.1 Å². The van der Waals surface area contributed by atoms with Gasteiger partial charge in [-0.2, -0.15) is 5.10 Å².